The Morgan fingerprint density at radius 3 is 2.27 bits per heavy atom. The molecule has 0 fully saturated rings. The standard InChI is InChI=1S/C24H27ClFN5O2/c1-5-30(23(33)27-18-10-6-16(25)7-11-18)15-22(32)28-21-14-20(24(2,3)4)29-31(21)19-12-8-17(26)9-13-19/h6-14H,5,15H2,1-4H3,(H,27,33)(H,28,32). The molecule has 0 aliphatic rings. The zero-order valence-corrected chi connectivity index (χ0v) is 19.8. The topological polar surface area (TPSA) is 79.3 Å². The highest BCUT2D eigenvalue weighted by Gasteiger charge is 2.23. The lowest BCUT2D eigenvalue weighted by molar-refractivity contribution is -0.116. The highest BCUT2D eigenvalue weighted by Crippen LogP contribution is 2.26. The summed E-state index contributed by atoms with van der Waals surface area (Å²) in [5.74, 6) is -0.310. The van der Waals surface area contributed by atoms with Crippen molar-refractivity contribution in [1.82, 2.24) is 14.7 Å². The summed E-state index contributed by atoms with van der Waals surface area (Å²) < 4.78 is 14.9. The van der Waals surface area contributed by atoms with Crippen LogP contribution in [0.4, 0.5) is 20.7 Å². The number of rotatable bonds is 6. The van der Waals surface area contributed by atoms with Gasteiger partial charge in [-0.3, -0.25) is 4.79 Å². The Bertz CT molecular complexity index is 1120. The van der Waals surface area contributed by atoms with Crippen LogP contribution in [-0.2, 0) is 10.2 Å². The van der Waals surface area contributed by atoms with Gasteiger partial charge in [0.25, 0.3) is 0 Å². The molecule has 3 rings (SSSR count). The van der Waals surface area contributed by atoms with Crippen LogP contribution in [0.5, 0.6) is 0 Å². The Morgan fingerprint density at radius 1 is 1.06 bits per heavy atom. The first-order valence-electron chi connectivity index (χ1n) is 10.5. The molecule has 0 saturated carbocycles. The van der Waals surface area contributed by atoms with Crippen LogP contribution < -0.4 is 10.6 Å². The van der Waals surface area contributed by atoms with Crippen molar-refractivity contribution in [3.63, 3.8) is 0 Å². The average molecular weight is 472 g/mol. The van der Waals surface area contributed by atoms with E-state index < -0.39 is 6.03 Å². The number of anilines is 2. The number of carbonyl (C=O) groups is 2. The largest absolute Gasteiger partial charge is 0.322 e. The Hall–Kier alpha value is -3.39. The zero-order chi connectivity index (χ0) is 24.2. The highest BCUT2D eigenvalue weighted by atomic mass is 35.5. The van der Waals surface area contributed by atoms with Gasteiger partial charge in [0.1, 0.15) is 18.2 Å². The van der Waals surface area contributed by atoms with Gasteiger partial charge < -0.3 is 15.5 Å². The fourth-order valence-corrected chi connectivity index (χ4v) is 3.16. The number of amides is 3. The number of likely N-dealkylation sites (N-methyl/N-ethyl adjacent to an activating group) is 1. The molecule has 9 heteroatoms. The molecule has 7 nitrogen and oxygen atoms in total. The number of nitrogens with zero attached hydrogens (tertiary/aromatic N) is 3. The maximum absolute atomic E-state index is 13.4. The van der Waals surface area contributed by atoms with Gasteiger partial charge >= 0.3 is 6.03 Å². The van der Waals surface area contributed by atoms with Crippen molar-refractivity contribution in [2.75, 3.05) is 23.7 Å². The van der Waals surface area contributed by atoms with Gasteiger partial charge in [-0.1, -0.05) is 32.4 Å². The molecule has 1 heterocycles. The van der Waals surface area contributed by atoms with Crippen LogP contribution in [0.25, 0.3) is 5.69 Å². The minimum absolute atomic E-state index is 0.157. The van der Waals surface area contributed by atoms with Crippen LogP contribution in [0.15, 0.2) is 54.6 Å². The molecule has 0 aliphatic carbocycles. The van der Waals surface area contributed by atoms with Crippen molar-refractivity contribution in [2.24, 2.45) is 0 Å². The van der Waals surface area contributed by atoms with Crippen LogP contribution in [0, 0.1) is 5.82 Å². The molecule has 1 aromatic heterocycles. The van der Waals surface area contributed by atoms with Crippen LogP contribution in [0.2, 0.25) is 5.02 Å². The number of nitrogens with one attached hydrogen (secondary N) is 2. The first kappa shape index (κ1) is 24.3. The van der Waals surface area contributed by atoms with Gasteiger partial charge in [0, 0.05) is 28.7 Å². The lowest BCUT2D eigenvalue weighted by Gasteiger charge is -2.21. The summed E-state index contributed by atoms with van der Waals surface area (Å²) in [6.45, 7) is 7.99. The smallest absolute Gasteiger partial charge is 0.315 e. The second-order valence-electron chi connectivity index (χ2n) is 8.55. The van der Waals surface area contributed by atoms with Gasteiger partial charge in [-0.15, -0.1) is 0 Å². The highest BCUT2D eigenvalue weighted by molar-refractivity contribution is 6.30. The predicted octanol–water partition coefficient (Wildman–Crippen LogP) is 5.45. The SMILES string of the molecule is CCN(CC(=O)Nc1cc(C(C)(C)C)nn1-c1ccc(F)cc1)C(=O)Nc1ccc(Cl)cc1. The molecule has 0 radical (unpaired) electrons. The summed E-state index contributed by atoms with van der Waals surface area (Å²) in [5.41, 5.74) is 1.68. The molecular formula is C24H27ClFN5O2. The van der Waals surface area contributed by atoms with Crippen molar-refractivity contribution in [3.8, 4) is 5.69 Å². The van der Waals surface area contributed by atoms with Gasteiger partial charge in [0.2, 0.25) is 5.91 Å². The Labute approximate surface area is 197 Å². The fourth-order valence-electron chi connectivity index (χ4n) is 3.03. The number of benzene rings is 2. The minimum atomic E-state index is -0.405. The summed E-state index contributed by atoms with van der Waals surface area (Å²) in [6, 6.07) is 13.9. The fraction of sp³-hybridized carbons (Fsp3) is 0.292. The van der Waals surface area contributed by atoms with Crippen LogP contribution in [-0.4, -0.2) is 39.7 Å². The van der Waals surface area contributed by atoms with E-state index in [1.807, 2.05) is 20.8 Å². The molecule has 0 bridgehead atoms. The van der Waals surface area contributed by atoms with Crippen molar-refractivity contribution in [3.05, 3.63) is 71.1 Å². The van der Waals surface area contributed by atoms with Gasteiger partial charge in [-0.05, 0) is 55.5 Å². The monoisotopic (exact) mass is 471 g/mol. The van der Waals surface area contributed by atoms with E-state index in [0.29, 0.717) is 28.8 Å². The second kappa shape index (κ2) is 10.0. The number of hydrogen-bond acceptors (Lipinski definition) is 3. The van der Waals surface area contributed by atoms with E-state index in [0.717, 1.165) is 5.69 Å². The van der Waals surface area contributed by atoms with E-state index >= 15 is 0 Å². The van der Waals surface area contributed by atoms with E-state index in [1.165, 1.54) is 17.0 Å². The molecule has 2 aromatic carbocycles. The lowest BCUT2D eigenvalue weighted by atomic mass is 9.92. The van der Waals surface area contributed by atoms with Gasteiger partial charge in [0.15, 0.2) is 0 Å². The van der Waals surface area contributed by atoms with Crippen LogP contribution in [0.1, 0.15) is 33.4 Å². The summed E-state index contributed by atoms with van der Waals surface area (Å²) in [5, 5.41) is 10.8. The normalized spacial score (nSPS) is 11.2. The molecule has 174 valence electrons. The number of halogens is 2. The lowest BCUT2D eigenvalue weighted by Crippen LogP contribution is -2.40. The van der Waals surface area contributed by atoms with Gasteiger partial charge in [-0.2, -0.15) is 5.10 Å². The molecule has 0 spiro atoms. The summed E-state index contributed by atoms with van der Waals surface area (Å²) >= 11 is 5.88. The number of aromatic nitrogens is 2. The van der Waals surface area contributed by atoms with Gasteiger partial charge in [-0.25, -0.2) is 13.9 Å². The van der Waals surface area contributed by atoms with Gasteiger partial charge in [0.05, 0.1) is 11.4 Å². The van der Waals surface area contributed by atoms with E-state index in [2.05, 4.69) is 15.7 Å². The van der Waals surface area contributed by atoms with Crippen molar-refractivity contribution >= 4 is 35.0 Å². The zero-order valence-electron chi connectivity index (χ0n) is 19.0. The molecule has 2 N–H and O–H groups in total. The first-order chi connectivity index (χ1) is 15.6. The van der Waals surface area contributed by atoms with E-state index in [1.54, 1.807) is 54.1 Å². The van der Waals surface area contributed by atoms with E-state index in [-0.39, 0.29) is 23.7 Å². The Kier molecular flexibility index (Phi) is 7.38. The summed E-state index contributed by atoms with van der Waals surface area (Å²) in [7, 11) is 0. The second-order valence-corrected chi connectivity index (χ2v) is 8.99. The minimum Gasteiger partial charge on any atom is -0.315 e. The third kappa shape index (κ3) is 6.32. The third-order valence-electron chi connectivity index (χ3n) is 4.92. The predicted molar refractivity (Wildman–Crippen MR) is 129 cm³/mol. The third-order valence-corrected chi connectivity index (χ3v) is 5.17. The van der Waals surface area contributed by atoms with E-state index in [4.69, 9.17) is 11.6 Å². The van der Waals surface area contributed by atoms with E-state index in [9.17, 15) is 14.0 Å². The molecular weight excluding hydrogens is 445 g/mol. The molecule has 33 heavy (non-hydrogen) atoms. The number of hydrogen-bond donors (Lipinski definition) is 2. The Morgan fingerprint density at radius 2 is 1.70 bits per heavy atom. The number of urea groups is 1. The Balaban J connectivity index is 1.76. The maximum atomic E-state index is 13.4. The maximum Gasteiger partial charge on any atom is 0.322 e. The molecule has 3 aromatic rings. The summed E-state index contributed by atoms with van der Waals surface area (Å²) in [6.07, 6.45) is 0. The molecule has 0 atom stereocenters. The number of carbonyl (C=O) groups excluding carboxylic acids is 2. The van der Waals surface area contributed by atoms with Crippen LogP contribution >= 0.6 is 11.6 Å². The molecule has 3 amide bonds. The average Bonchev–Trinajstić information content (AvgIpc) is 3.18. The quantitative estimate of drug-likeness (QED) is 0.501. The van der Waals surface area contributed by atoms with Crippen molar-refractivity contribution in [2.45, 2.75) is 33.1 Å². The van der Waals surface area contributed by atoms with Crippen molar-refractivity contribution in [1.29, 1.82) is 0 Å². The van der Waals surface area contributed by atoms with Crippen LogP contribution in [0.3, 0.4) is 0 Å². The molecule has 0 aliphatic heterocycles. The molecule has 0 saturated heterocycles. The first-order valence-corrected chi connectivity index (χ1v) is 10.9. The van der Waals surface area contributed by atoms with Crippen molar-refractivity contribution < 1.29 is 14.0 Å². The molecule has 0 unspecified atom stereocenters. The summed E-state index contributed by atoms with van der Waals surface area (Å²) in [4.78, 5) is 26.8.